The van der Waals surface area contributed by atoms with E-state index in [9.17, 15) is 4.79 Å². The first kappa shape index (κ1) is 25.5. The highest BCUT2D eigenvalue weighted by molar-refractivity contribution is 7.22. The van der Waals surface area contributed by atoms with Crippen molar-refractivity contribution in [1.82, 2.24) is 9.88 Å². The summed E-state index contributed by atoms with van der Waals surface area (Å²) in [6, 6.07) is 11.3. The molecule has 1 aromatic heterocycles. The minimum Gasteiger partial charge on any atom is -0.494 e. The number of carbonyl (C=O) groups is 1. The number of ether oxygens (including phenoxy) is 1. The van der Waals surface area contributed by atoms with Crippen LogP contribution in [-0.4, -0.2) is 48.6 Å². The first-order chi connectivity index (χ1) is 16.0. The summed E-state index contributed by atoms with van der Waals surface area (Å²) in [6.07, 6.45) is 3.30. The minimum absolute atomic E-state index is 0.0658. The third kappa shape index (κ3) is 6.69. The molecular weight excluding hydrogens is 454 g/mol. The van der Waals surface area contributed by atoms with Gasteiger partial charge in [0.05, 0.1) is 16.8 Å². The van der Waals surface area contributed by atoms with Gasteiger partial charge in [0.1, 0.15) is 5.75 Å². The Morgan fingerprint density at radius 1 is 1.09 bits per heavy atom. The van der Waals surface area contributed by atoms with Crippen LogP contribution in [0.4, 0.5) is 5.13 Å². The maximum atomic E-state index is 13.7. The number of fused-ring (bicyclic) bond motifs is 1. The molecule has 0 aliphatic carbocycles. The van der Waals surface area contributed by atoms with Crippen LogP contribution in [0.25, 0.3) is 10.2 Å². The highest BCUT2D eigenvalue weighted by Gasteiger charge is 2.23. The number of halogens is 1. The zero-order valence-electron chi connectivity index (χ0n) is 20.1. The van der Waals surface area contributed by atoms with Gasteiger partial charge in [-0.15, -0.1) is 0 Å². The van der Waals surface area contributed by atoms with Crippen molar-refractivity contribution in [2.45, 2.75) is 47.0 Å². The van der Waals surface area contributed by atoms with E-state index in [1.165, 1.54) is 11.3 Å². The van der Waals surface area contributed by atoms with E-state index in [2.05, 4.69) is 25.7 Å². The van der Waals surface area contributed by atoms with Crippen molar-refractivity contribution < 1.29 is 9.53 Å². The Bertz CT molecular complexity index is 1060. The molecule has 7 heteroatoms. The van der Waals surface area contributed by atoms with Gasteiger partial charge in [0.2, 0.25) is 0 Å². The fourth-order valence-corrected chi connectivity index (χ4v) is 5.18. The second kappa shape index (κ2) is 12.4. The van der Waals surface area contributed by atoms with Gasteiger partial charge in [-0.05, 0) is 62.3 Å². The SMILES string of the molecule is CCCCCOc1cccc(C(=O)N(CCN(CC)CC)c2nc3c(C)cc(Cl)cc3s2)c1. The fraction of sp³-hybridized carbons (Fsp3) is 0.462. The molecule has 178 valence electrons. The molecular formula is C26H34ClN3O2S. The van der Waals surface area contributed by atoms with Crippen molar-refractivity contribution in [3.63, 3.8) is 0 Å². The molecule has 0 aliphatic heterocycles. The van der Waals surface area contributed by atoms with Gasteiger partial charge >= 0.3 is 0 Å². The Morgan fingerprint density at radius 3 is 2.61 bits per heavy atom. The molecule has 0 saturated heterocycles. The second-order valence-electron chi connectivity index (χ2n) is 8.13. The molecule has 0 N–H and O–H groups in total. The normalized spacial score (nSPS) is 11.3. The summed E-state index contributed by atoms with van der Waals surface area (Å²) >= 11 is 7.77. The van der Waals surface area contributed by atoms with Crippen LogP contribution in [0.2, 0.25) is 5.02 Å². The number of aromatic nitrogens is 1. The van der Waals surface area contributed by atoms with Gasteiger partial charge in [-0.2, -0.15) is 0 Å². The molecule has 1 amide bonds. The quantitative estimate of drug-likeness (QED) is 0.263. The van der Waals surface area contributed by atoms with E-state index >= 15 is 0 Å². The van der Waals surface area contributed by atoms with Gasteiger partial charge in [-0.1, -0.05) is 62.6 Å². The molecule has 0 saturated carbocycles. The lowest BCUT2D eigenvalue weighted by atomic mass is 10.2. The lowest BCUT2D eigenvalue weighted by Crippen LogP contribution is -2.38. The Labute approximate surface area is 206 Å². The summed E-state index contributed by atoms with van der Waals surface area (Å²) < 4.78 is 6.88. The highest BCUT2D eigenvalue weighted by atomic mass is 35.5. The number of rotatable bonds is 12. The summed E-state index contributed by atoms with van der Waals surface area (Å²) in [5.41, 5.74) is 2.52. The van der Waals surface area contributed by atoms with Crippen LogP contribution in [0.3, 0.4) is 0 Å². The monoisotopic (exact) mass is 487 g/mol. The molecule has 1 heterocycles. The number of aryl methyl sites for hydroxylation is 1. The van der Waals surface area contributed by atoms with Gasteiger partial charge in [0.15, 0.2) is 5.13 Å². The van der Waals surface area contributed by atoms with Crippen LogP contribution >= 0.6 is 22.9 Å². The van der Waals surface area contributed by atoms with Crippen LogP contribution in [-0.2, 0) is 0 Å². The average Bonchev–Trinajstić information content (AvgIpc) is 3.23. The molecule has 0 aliphatic rings. The number of thiazole rings is 1. The molecule has 0 unspecified atom stereocenters. The summed E-state index contributed by atoms with van der Waals surface area (Å²) in [5, 5.41) is 1.38. The van der Waals surface area contributed by atoms with Gasteiger partial charge in [0, 0.05) is 23.7 Å². The van der Waals surface area contributed by atoms with E-state index in [1.807, 2.05) is 43.3 Å². The number of amides is 1. The van der Waals surface area contributed by atoms with Crippen LogP contribution in [0.1, 0.15) is 56.0 Å². The van der Waals surface area contributed by atoms with E-state index in [1.54, 1.807) is 4.90 Å². The standard InChI is InChI=1S/C26H34ClN3O2S/c1-5-8-9-15-32-22-12-10-11-20(17-22)25(31)30(14-13-29(6-2)7-3)26-28-24-19(4)16-21(27)18-23(24)33-26/h10-12,16-18H,5-9,13-15H2,1-4H3. The molecule has 3 rings (SSSR count). The maximum Gasteiger partial charge on any atom is 0.260 e. The van der Waals surface area contributed by atoms with Gasteiger partial charge in [-0.25, -0.2) is 4.98 Å². The lowest BCUT2D eigenvalue weighted by molar-refractivity contribution is 0.0983. The average molecular weight is 488 g/mol. The first-order valence-corrected chi connectivity index (χ1v) is 13.0. The van der Waals surface area contributed by atoms with Gasteiger partial charge in [-0.3, -0.25) is 9.69 Å². The van der Waals surface area contributed by atoms with Gasteiger partial charge < -0.3 is 9.64 Å². The molecule has 0 bridgehead atoms. The lowest BCUT2D eigenvalue weighted by Gasteiger charge is -2.25. The number of hydrogen-bond donors (Lipinski definition) is 0. The third-order valence-electron chi connectivity index (χ3n) is 5.75. The van der Waals surface area contributed by atoms with Crippen molar-refractivity contribution in [3.8, 4) is 5.75 Å². The molecule has 0 radical (unpaired) electrons. The molecule has 0 fully saturated rings. The number of nitrogens with zero attached hydrogens (tertiary/aromatic N) is 3. The Morgan fingerprint density at radius 2 is 1.88 bits per heavy atom. The van der Waals surface area contributed by atoms with Gasteiger partial charge in [0.25, 0.3) is 5.91 Å². The molecule has 33 heavy (non-hydrogen) atoms. The number of benzene rings is 2. The molecule has 0 spiro atoms. The van der Waals surface area contributed by atoms with Crippen molar-refractivity contribution >= 4 is 44.2 Å². The van der Waals surface area contributed by atoms with E-state index in [0.29, 0.717) is 28.9 Å². The van der Waals surface area contributed by atoms with E-state index in [-0.39, 0.29) is 5.91 Å². The van der Waals surface area contributed by atoms with Crippen molar-refractivity contribution in [1.29, 1.82) is 0 Å². The fourth-order valence-electron chi connectivity index (χ4n) is 3.74. The smallest absolute Gasteiger partial charge is 0.260 e. The molecule has 3 aromatic rings. The maximum absolute atomic E-state index is 13.7. The Hall–Kier alpha value is -2.15. The third-order valence-corrected chi connectivity index (χ3v) is 6.99. The number of hydrogen-bond acceptors (Lipinski definition) is 5. The summed E-state index contributed by atoms with van der Waals surface area (Å²) in [4.78, 5) is 22.6. The molecule has 0 atom stereocenters. The Kier molecular flexibility index (Phi) is 9.53. The van der Waals surface area contributed by atoms with E-state index in [4.69, 9.17) is 21.3 Å². The van der Waals surface area contributed by atoms with Crippen molar-refractivity contribution in [3.05, 3.63) is 52.5 Å². The summed E-state index contributed by atoms with van der Waals surface area (Å²) in [5.74, 6) is 0.663. The first-order valence-electron chi connectivity index (χ1n) is 11.8. The van der Waals surface area contributed by atoms with Crippen LogP contribution in [0, 0.1) is 6.92 Å². The number of carbonyl (C=O) groups excluding carboxylic acids is 1. The second-order valence-corrected chi connectivity index (χ2v) is 9.58. The Balaban J connectivity index is 1.89. The topological polar surface area (TPSA) is 45.7 Å². The summed E-state index contributed by atoms with van der Waals surface area (Å²) in [6.45, 7) is 12.3. The van der Waals surface area contributed by atoms with Crippen LogP contribution < -0.4 is 9.64 Å². The summed E-state index contributed by atoms with van der Waals surface area (Å²) in [7, 11) is 0. The zero-order chi connectivity index (χ0) is 23.8. The predicted octanol–water partition coefficient (Wildman–Crippen LogP) is 6.82. The number of unbranched alkanes of at least 4 members (excludes halogenated alkanes) is 2. The minimum atomic E-state index is -0.0658. The molecule has 2 aromatic carbocycles. The van der Waals surface area contributed by atoms with Crippen LogP contribution in [0.5, 0.6) is 5.75 Å². The van der Waals surface area contributed by atoms with Crippen LogP contribution in [0.15, 0.2) is 36.4 Å². The van der Waals surface area contributed by atoms with E-state index < -0.39 is 0 Å². The van der Waals surface area contributed by atoms with Crippen molar-refractivity contribution in [2.24, 2.45) is 0 Å². The highest BCUT2D eigenvalue weighted by Crippen LogP contribution is 2.33. The predicted molar refractivity (Wildman–Crippen MR) is 140 cm³/mol. The zero-order valence-corrected chi connectivity index (χ0v) is 21.6. The van der Waals surface area contributed by atoms with E-state index in [0.717, 1.165) is 60.4 Å². The number of anilines is 1. The largest absolute Gasteiger partial charge is 0.494 e. The number of likely N-dealkylation sites (N-methyl/N-ethyl adjacent to an activating group) is 1. The molecule has 5 nitrogen and oxygen atoms in total. The van der Waals surface area contributed by atoms with Crippen molar-refractivity contribution in [2.75, 3.05) is 37.7 Å².